The molecular weight excluding hydrogens is 131 g/mol. The normalized spacial score (nSPS) is 16.0. The Morgan fingerprint density at radius 3 is 1.22 bits per heavy atom. The van der Waals surface area contributed by atoms with Crippen molar-refractivity contribution in [1.82, 2.24) is 5.32 Å². The van der Waals surface area contributed by atoms with Gasteiger partial charge in [-0.15, -0.1) is 0 Å². The molecule has 1 N–H and O–H groups in total. The summed E-state index contributed by atoms with van der Waals surface area (Å²) in [5, 5.41) is 3.28. The first-order valence-corrected chi connectivity index (χ1v) is 2.71. The Balaban J connectivity index is -0.000000120. The molecule has 0 saturated carbocycles. The van der Waals surface area contributed by atoms with Gasteiger partial charge < -0.3 is 5.32 Å². The minimum atomic E-state index is 0. The lowest BCUT2D eigenvalue weighted by Crippen LogP contribution is -2.21. The van der Waals surface area contributed by atoms with Gasteiger partial charge in [-0.1, -0.05) is 6.42 Å². The van der Waals surface area contributed by atoms with Crippen molar-refractivity contribution in [3.8, 4) is 0 Å². The summed E-state index contributed by atoms with van der Waals surface area (Å²) >= 11 is 0. The molecule has 1 rings (SSSR count). The SMILES string of the molecule is C1CCNCC1.F.F.F. The Morgan fingerprint density at radius 2 is 1.11 bits per heavy atom. The number of hydrogen-bond acceptors (Lipinski definition) is 1. The molecule has 0 aromatic carbocycles. The quantitative estimate of drug-likeness (QED) is 0.540. The van der Waals surface area contributed by atoms with E-state index in [1.807, 2.05) is 0 Å². The van der Waals surface area contributed by atoms with Crippen molar-refractivity contribution in [2.75, 3.05) is 13.1 Å². The standard InChI is InChI=1S/C5H11N.3FH/c1-2-4-6-5-3-1;;;/h6H,1-5H2;3*1H. The third kappa shape index (κ3) is 7.75. The van der Waals surface area contributed by atoms with Crippen LogP contribution in [0.4, 0.5) is 14.1 Å². The minimum absolute atomic E-state index is 0. The number of rotatable bonds is 0. The fraction of sp³-hybridized carbons (Fsp3) is 1.00. The number of halogens is 3. The first-order chi connectivity index (χ1) is 3.00. The van der Waals surface area contributed by atoms with Crippen molar-refractivity contribution in [2.45, 2.75) is 19.3 Å². The third-order valence-electron chi connectivity index (χ3n) is 1.21. The average Bonchev–Trinajstić information content (AvgIpc) is 1.72. The average molecular weight is 145 g/mol. The Kier molecular flexibility index (Phi) is 18.9. The fourth-order valence-electron chi connectivity index (χ4n) is 0.802. The van der Waals surface area contributed by atoms with Crippen molar-refractivity contribution in [3.05, 3.63) is 0 Å². The van der Waals surface area contributed by atoms with E-state index in [0.29, 0.717) is 0 Å². The van der Waals surface area contributed by atoms with Gasteiger partial charge in [0.05, 0.1) is 0 Å². The van der Waals surface area contributed by atoms with E-state index in [2.05, 4.69) is 5.32 Å². The van der Waals surface area contributed by atoms with Crippen molar-refractivity contribution < 1.29 is 14.1 Å². The number of nitrogens with one attached hydrogen (secondary N) is 1. The topological polar surface area (TPSA) is 12.0 Å². The second kappa shape index (κ2) is 10.7. The van der Waals surface area contributed by atoms with Gasteiger partial charge in [0, 0.05) is 0 Å². The highest BCUT2D eigenvalue weighted by molar-refractivity contribution is 4.55. The zero-order valence-electron chi connectivity index (χ0n) is 5.26. The van der Waals surface area contributed by atoms with E-state index in [9.17, 15) is 0 Å². The van der Waals surface area contributed by atoms with Crippen LogP contribution in [0.3, 0.4) is 0 Å². The van der Waals surface area contributed by atoms with E-state index in [1.54, 1.807) is 0 Å². The molecule has 0 bridgehead atoms. The molecule has 0 unspecified atom stereocenters. The molecule has 1 heterocycles. The van der Waals surface area contributed by atoms with Gasteiger partial charge in [0.15, 0.2) is 0 Å². The summed E-state index contributed by atoms with van der Waals surface area (Å²) in [5.74, 6) is 0. The second-order valence-electron chi connectivity index (χ2n) is 1.81. The zero-order chi connectivity index (χ0) is 4.24. The van der Waals surface area contributed by atoms with Crippen molar-refractivity contribution in [2.24, 2.45) is 0 Å². The lowest BCUT2D eigenvalue weighted by Gasteiger charge is -2.08. The summed E-state index contributed by atoms with van der Waals surface area (Å²) in [4.78, 5) is 0. The van der Waals surface area contributed by atoms with Gasteiger partial charge in [-0.2, -0.15) is 0 Å². The molecule has 1 nitrogen and oxygen atoms in total. The molecule has 1 saturated heterocycles. The summed E-state index contributed by atoms with van der Waals surface area (Å²) < 4.78 is 0. The predicted molar refractivity (Wildman–Crippen MR) is 34.2 cm³/mol. The highest BCUT2D eigenvalue weighted by Gasteiger charge is 1.93. The van der Waals surface area contributed by atoms with Crippen LogP contribution < -0.4 is 5.32 Å². The molecule has 0 aromatic rings. The van der Waals surface area contributed by atoms with Gasteiger partial charge in [0.25, 0.3) is 0 Å². The molecule has 1 aliphatic heterocycles. The van der Waals surface area contributed by atoms with Crippen LogP contribution in [-0.2, 0) is 0 Å². The highest BCUT2D eigenvalue weighted by atomic mass is 19.0. The van der Waals surface area contributed by atoms with Crippen LogP contribution in [0.1, 0.15) is 19.3 Å². The van der Waals surface area contributed by atoms with Gasteiger partial charge in [-0.05, 0) is 25.9 Å². The van der Waals surface area contributed by atoms with Crippen molar-refractivity contribution in [3.63, 3.8) is 0 Å². The van der Waals surface area contributed by atoms with Gasteiger partial charge in [0.1, 0.15) is 0 Å². The minimum Gasteiger partial charge on any atom is -0.317 e. The molecular formula is C5H14F3N. The molecule has 0 aliphatic carbocycles. The van der Waals surface area contributed by atoms with Crippen molar-refractivity contribution in [1.29, 1.82) is 0 Å². The van der Waals surface area contributed by atoms with Crippen LogP contribution in [0.2, 0.25) is 0 Å². The van der Waals surface area contributed by atoms with Crippen LogP contribution >= 0.6 is 0 Å². The summed E-state index contributed by atoms with van der Waals surface area (Å²) in [6.45, 7) is 2.50. The van der Waals surface area contributed by atoms with Gasteiger partial charge in [0.2, 0.25) is 0 Å². The van der Waals surface area contributed by atoms with E-state index in [-0.39, 0.29) is 14.1 Å². The Labute approximate surface area is 52.9 Å². The van der Waals surface area contributed by atoms with Crippen LogP contribution in [0, 0.1) is 0 Å². The molecule has 9 heavy (non-hydrogen) atoms. The summed E-state index contributed by atoms with van der Waals surface area (Å²) in [6, 6.07) is 0. The molecule has 0 radical (unpaired) electrons. The number of piperidine rings is 1. The molecule has 1 fully saturated rings. The predicted octanol–water partition coefficient (Wildman–Crippen LogP) is 1.22. The van der Waals surface area contributed by atoms with Crippen LogP contribution in [0.25, 0.3) is 0 Å². The molecule has 60 valence electrons. The fourth-order valence-corrected chi connectivity index (χ4v) is 0.802. The summed E-state index contributed by atoms with van der Waals surface area (Å²) in [5.41, 5.74) is 0. The van der Waals surface area contributed by atoms with Crippen molar-refractivity contribution >= 4 is 0 Å². The summed E-state index contributed by atoms with van der Waals surface area (Å²) in [7, 11) is 0. The molecule has 0 aromatic heterocycles. The Bertz CT molecular complexity index is 27.7. The zero-order valence-corrected chi connectivity index (χ0v) is 5.26. The molecule has 4 heteroatoms. The van der Waals surface area contributed by atoms with Crippen LogP contribution in [-0.4, -0.2) is 13.1 Å². The van der Waals surface area contributed by atoms with E-state index >= 15 is 0 Å². The smallest absolute Gasteiger partial charge is 0.00489 e. The lowest BCUT2D eigenvalue weighted by atomic mass is 10.2. The second-order valence-corrected chi connectivity index (χ2v) is 1.81. The number of hydrogen-bond donors (Lipinski definition) is 1. The Hall–Kier alpha value is -0.250. The van der Waals surface area contributed by atoms with E-state index in [4.69, 9.17) is 0 Å². The molecule has 1 aliphatic rings. The highest BCUT2D eigenvalue weighted by Crippen LogP contribution is 1.96. The largest absolute Gasteiger partial charge is 0.317 e. The summed E-state index contributed by atoms with van der Waals surface area (Å²) in [6.07, 6.45) is 4.22. The Morgan fingerprint density at radius 1 is 0.667 bits per heavy atom. The molecule has 0 amide bonds. The van der Waals surface area contributed by atoms with Gasteiger partial charge in [-0.25, -0.2) is 0 Å². The molecule has 0 atom stereocenters. The van der Waals surface area contributed by atoms with Gasteiger partial charge in [-0.3, -0.25) is 14.1 Å². The van der Waals surface area contributed by atoms with Crippen LogP contribution in [0.5, 0.6) is 0 Å². The lowest BCUT2D eigenvalue weighted by molar-refractivity contribution is 0.520. The third-order valence-corrected chi connectivity index (χ3v) is 1.21. The molecule has 0 spiro atoms. The van der Waals surface area contributed by atoms with E-state index in [0.717, 1.165) is 0 Å². The first kappa shape index (κ1) is 15.9. The first-order valence-electron chi connectivity index (χ1n) is 2.71. The monoisotopic (exact) mass is 145 g/mol. The maximum atomic E-state index is 3.28. The van der Waals surface area contributed by atoms with E-state index in [1.165, 1.54) is 32.4 Å². The van der Waals surface area contributed by atoms with E-state index < -0.39 is 0 Å². The maximum absolute atomic E-state index is 3.28. The van der Waals surface area contributed by atoms with Crippen LogP contribution in [0.15, 0.2) is 0 Å². The van der Waals surface area contributed by atoms with Gasteiger partial charge >= 0.3 is 0 Å². The maximum Gasteiger partial charge on any atom is -0.00489 e.